The zero-order chi connectivity index (χ0) is 21.8. The Hall–Kier alpha value is -3.64. The van der Waals surface area contributed by atoms with Gasteiger partial charge in [-0.1, -0.05) is 41.9 Å². The van der Waals surface area contributed by atoms with Gasteiger partial charge in [-0.25, -0.2) is 0 Å². The third-order valence-corrected chi connectivity index (χ3v) is 5.14. The lowest BCUT2D eigenvalue weighted by Gasteiger charge is -2.09. The van der Waals surface area contributed by atoms with E-state index >= 15 is 0 Å². The number of rotatable bonds is 6. The number of aromatic nitrogens is 3. The summed E-state index contributed by atoms with van der Waals surface area (Å²) in [6.45, 7) is 2.37. The molecule has 0 aliphatic heterocycles. The van der Waals surface area contributed by atoms with E-state index in [1.54, 1.807) is 13.2 Å². The van der Waals surface area contributed by atoms with Crippen molar-refractivity contribution < 1.29 is 9.53 Å². The molecule has 0 radical (unpaired) electrons. The Labute approximate surface area is 185 Å². The molecular weight excluding hydrogens is 412 g/mol. The van der Waals surface area contributed by atoms with E-state index in [2.05, 4.69) is 15.4 Å². The highest BCUT2D eigenvalue weighted by molar-refractivity contribution is 6.30. The first-order chi connectivity index (χ1) is 15.0. The van der Waals surface area contributed by atoms with Gasteiger partial charge in [0, 0.05) is 22.7 Å². The van der Waals surface area contributed by atoms with E-state index in [1.165, 1.54) is 4.68 Å². The van der Waals surface area contributed by atoms with Crippen LogP contribution in [0.5, 0.6) is 5.75 Å². The molecule has 1 heterocycles. The summed E-state index contributed by atoms with van der Waals surface area (Å²) in [7, 11) is 1.61. The second kappa shape index (κ2) is 9.02. The maximum absolute atomic E-state index is 13.3. The third-order valence-electron chi connectivity index (χ3n) is 4.89. The molecule has 0 amide bonds. The molecule has 4 aromatic rings. The van der Waals surface area contributed by atoms with Gasteiger partial charge in [0.05, 0.1) is 7.11 Å². The molecule has 156 valence electrons. The lowest BCUT2D eigenvalue weighted by molar-refractivity contribution is 0.0947. The van der Waals surface area contributed by atoms with Crippen LogP contribution in [0.2, 0.25) is 5.02 Å². The molecular formula is C24H21ClN4O2. The number of nitrogens with one attached hydrogen (secondary N) is 1. The molecule has 0 fully saturated rings. The zero-order valence-electron chi connectivity index (χ0n) is 17.2. The first kappa shape index (κ1) is 20.6. The summed E-state index contributed by atoms with van der Waals surface area (Å²) >= 11 is 5.97. The van der Waals surface area contributed by atoms with E-state index in [9.17, 15) is 4.79 Å². The Bertz CT molecular complexity index is 1200. The number of hydrogen-bond donors (Lipinski definition) is 1. The van der Waals surface area contributed by atoms with Crippen molar-refractivity contribution in [1.29, 1.82) is 0 Å². The van der Waals surface area contributed by atoms with Crippen LogP contribution >= 0.6 is 11.6 Å². The molecule has 0 bridgehead atoms. The summed E-state index contributed by atoms with van der Waals surface area (Å²) in [5.74, 6) is 1.31. The molecule has 31 heavy (non-hydrogen) atoms. The number of anilines is 1. The molecule has 1 aromatic heterocycles. The summed E-state index contributed by atoms with van der Waals surface area (Å²) in [4.78, 5) is 17.9. The van der Waals surface area contributed by atoms with Crippen molar-refractivity contribution in [2.45, 2.75) is 13.5 Å². The third kappa shape index (κ3) is 4.59. The van der Waals surface area contributed by atoms with Crippen LogP contribution in [0, 0.1) is 6.92 Å². The number of methoxy groups -OCH3 is 1. The van der Waals surface area contributed by atoms with Crippen LogP contribution in [0.1, 0.15) is 21.5 Å². The van der Waals surface area contributed by atoms with Crippen molar-refractivity contribution in [3.63, 3.8) is 0 Å². The monoisotopic (exact) mass is 432 g/mol. The molecule has 4 rings (SSSR count). The van der Waals surface area contributed by atoms with Crippen molar-refractivity contribution in [3.8, 4) is 17.1 Å². The minimum atomic E-state index is -0.246. The highest BCUT2D eigenvalue weighted by atomic mass is 35.5. The first-order valence-corrected chi connectivity index (χ1v) is 10.1. The lowest BCUT2D eigenvalue weighted by atomic mass is 10.1. The van der Waals surface area contributed by atoms with Crippen molar-refractivity contribution in [2.75, 3.05) is 12.4 Å². The highest BCUT2D eigenvalue weighted by Gasteiger charge is 2.20. The van der Waals surface area contributed by atoms with Gasteiger partial charge in [-0.3, -0.25) is 4.79 Å². The predicted molar refractivity (Wildman–Crippen MR) is 122 cm³/mol. The average Bonchev–Trinajstić information content (AvgIpc) is 3.23. The van der Waals surface area contributed by atoms with Crippen molar-refractivity contribution in [2.24, 2.45) is 0 Å². The zero-order valence-corrected chi connectivity index (χ0v) is 17.9. The van der Waals surface area contributed by atoms with E-state index in [0.717, 1.165) is 22.4 Å². The van der Waals surface area contributed by atoms with E-state index in [0.29, 0.717) is 28.9 Å². The van der Waals surface area contributed by atoms with Gasteiger partial charge in [-0.2, -0.15) is 9.67 Å². The Morgan fingerprint density at radius 1 is 1.03 bits per heavy atom. The van der Waals surface area contributed by atoms with E-state index in [4.69, 9.17) is 16.3 Å². The van der Waals surface area contributed by atoms with Gasteiger partial charge in [0.2, 0.25) is 5.95 Å². The molecule has 0 spiro atoms. The van der Waals surface area contributed by atoms with Gasteiger partial charge in [-0.15, -0.1) is 5.10 Å². The molecule has 0 saturated carbocycles. The Morgan fingerprint density at radius 3 is 2.42 bits per heavy atom. The molecule has 0 atom stereocenters. The minimum absolute atomic E-state index is 0.246. The number of carbonyl (C=O) groups excluding carboxylic acids is 1. The van der Waals surface area contributed by atoms with Crippen LogP contribution in [-0.4, -0.2) is 27.8 Å². The standard InChI is InChI=1S/C24H21ClN4O2/c1-16-5-3-4-6-21(16)23(30)29-24(26-15-17-7-11-19(25)12-8-17)27-22(28-29)18-9-13-20(31-2)14-10-18/h3-14H,15H2,1-2H3,(H,26,27,28). The van der Waals surface area contributed by atoms with Gasteiger partial charge in [-0.05, 0) is 60.5 Å². The molecule has 0 saturated heterocycles. The van der Waals surface area contributed by atoms with E-state index < -0.39 is 0 Å². The summed E-state index contributed by atoms with van der Waals surface area (Å²) in [5, 5.41) is 8.41. The molecule has 3 aromatic carbocycles. The van der Waals surface area contributed by atoms with Crippen LogP contribution in [0.15, 0.2) is 72.8 Å². The van der Waals surface area contributed by atoms with Crippen molar-refractivity contribution in [1.82, 2.24) is 14.8 Å². The van der Waals surface area contributed by atoms with Gasteiger partial charge >= 0.3 is 0 Å². The van der Waals surface area contributed by atoms with Crippen LogP contribution < -0.4 is 10.1 Å². The second-order valence-corrected chi connectivity index (χ2v) is 7.44. The van der Waals surface area contributed by atoms with Crippen LogP contribution in [0.4, 0.5) is 5.95 Å². The molecule has 1 N–H and O–H groups in total. The maximum Gasteiger partial charge on any atom is 0.281 e. The minimum Gasteiger partial charge on any atom is -0.497 e. The highest BCUT2D eigenvalue weighted by Crippen LogP contribution is 2.23. The number of hydrogen-bond acceptors (Lipinski definition) is 5. The Balaban J connectivity index is 1.69. The molecule has 6 nitrogen and oxygen atoms in total. The number of benzene rings is 3. The molecule has 7 heteroatoms. The molecule has 0 aliphatic rings. The average molecular weight is 433 g/mol. The normalized spacial score (nSPS) is 10.7. The fourth-order valence-corrected chi connectivity index (χ4v) is 3.27. The van der Waals surface area contributed by atoms with Crippen molar-refractivity contribution in [3.05, 3.63) is 94.5 Å². The summed E-state index contributed by atoms with van der Waals surface area (Å²) in [5.41, 5.74) is 3.24. The number of aryl methyl sites for hydroxylation is 1. The van der Waals surface area contributed by atoms with Crippen LogP contribution in [-0.2, 0) is 6.54 Å². The first-order valence-electron chi connectivity index (χ1n) is 9.75. The summed E-state index contributed by atoms with van der Waals surface area (Å²) in [6.07, 6.45) is 0. The van der Waals surface area contributed by atoms with Gasteiger partial charge < -0.3 is 10.1 Å². The van der Waals surface area contributed by atoms with E-state index in [-0.39, 0.29) is 5.91 Å². The molecule has 0 aliphatic carbocycles. The smallest absolute Gasteiger partial charge is 0.281 e. The fourth-order valence-electron chi connectivity index (χ4n) is 3.14. The Kier molecular flexibility index (Phi) is 6.00. The Morgan fingerprint density at radius 2 is 1.74 bits per heavy atom. The van der Waals surface area contributed by atoms with E-state index in [1.807, 2.05) is 73.7 Å². The molecule has 0 unspecified atom stereocenters. The maximum atomic E-state index is 13.3. The number of nitrogens with zero attached hydrogens (tertiary/aromatic N) is 3. The van der Waals surface area contributed by atoms with Gasteiger partial charge in [0.25, 0.3) is 5.91 Å². The number of ether oxygens (including phenoxy) is 1. The van der Waals surface area contributed by atoms with Gasteiger partial charge in [0.1, 0.15) is 5.75 Å². The van der Waals surface area contributed by atoms with Gasteiger partial charge in [0.15, 0.2) is 5.82 Å². The SMILES string of the molecule is COc1ccc(-c2nc(NCc3ccc(Cl)cc3)n(C(=O)c3ccccc3C)n2)cc1. The number of halogens is 1. The second-order valence-electron chi connectivity index (χ2n) is 7.00. The largest absolute Gasteiger partial charge is 0.497 e. The topological polar surface area (TPSA) is 69.0 Å². The van der Waals surface area contributed by atoms with Crippen LogP contribution in [0.25, 0.3) is 11.4 Å². The van der Waals surface area contributed by atoms with Crippen molar-refractivity contribution >= 4 is 23.5 Å². The predicted octanol–water partition coefficient (Wildman–Crippen LogP) is 5.22. The fraction of sp³-hybridized carbons (Fsp3) is 0.125. The summed E-state index contributed by atoms with van der Waals surface area (Å²) < 4.78 is 6.53. The van der Waals surface area contributed by atoms with Crippen LogP contribution in [0.3, 0.4) is 0 Å². The quantitative estimate of drug-likeness (QED) is 0.452. The lowest BCUT2D eigenvalue weighted by Crippen LogP contribution is -2.18. The summed E-state index contributed by atoms with van der Waals surface area (Å²) in [6, 6.07) is 22.3. The number of carbonyl (C=O) groups is 1.